The highest BCUT2D eigenvalue weighted by molar-refractivity contribution is 5.81. The van der Waals surface area contributed by atoms with Crippen molar-refractivity contribution in [2.45, 2.75) is 59.6 Å². The van der Waals surface area contributed by atoms with Crippen molar-refractivity contribution in [3.63, 3.8) is 0 Å². The van der Waals surface area contributed by atoms with Crippen molar-refractivity contribution in [3.8, 4) is 0 Å². The SMILES string of the molecule is CCOC(C)(C)CNC(C)C(=O)NCCC(C)C. The fourth-order valence-electron chi connectivity index (χ4n) is 1.57. The fraction of sp³-hybridized carbons (Fsp3) is 0.929. The van der Waals surface area contributed by atoms with E-state index in [4.69, 9.17) is 4.74 Å². The second-order valence-corrected chi connectivity index (χ2v) is 5.77. The van der Waals surface area contributed by atoms with E-state index in [1.165, 1.54) is 0 Å². The van der Waals surface area contributed by atoms with Crippen LogP contribution in [-0.2, 0) is 9.53 Å². The van der Waals surface area contributed by atoms with E-state index in [0.717, 1.165) is 13.0 Å². The highest BCUT2D eigenvalue weighted by Crippen LogP contribution is 2.07. The molecule has 0 spiro atoms. The van der Waals surface area contributed by atoms with Gasteiger partial charge in [-0.15, -0.1) is 0 Å². The van der Waals surface area contributed by atoms with Crippen LogP contribution in [0.5, 0.6) is 0 Å². The molecule has 0 aromatic carbocycles. The van der Waals surface area contributed by atoms with Gasteiger partial charge < -0.3 is 15.4 Å². The van der Waals surface area contributed by atoms with Crippen LogP contribution < -0.4 is 10.6 Å². The van der Waals surface area contributed by atoms with Gasteiger partial charge in [-0.3, -0.25) is 4.79 Å². The lowest BCUT2D eigenvalue weighted by Gasteiger charge is -2.26. The Morgan fingerprint density at radius 3 is 2.39 bits per heavy atom. The quantitative estimate of drug-likeness (QED) is 0.664. The zero-order chi connectivity index (χ0) is 14.2. The molecule has 108 valence electrons. The van der Waals surface area contributed by atoms with Crippen molar-refractivity contribution in [2.75, 3.05) is 19.7 Å². The van der Waals surface area contributed by atoms with Crippen molar-refractivity contribution < 1.29 is 9.53 Å². The van der Waals surface area contributed by atoms with Gasteiger partial charge in [0.25, 0.3) is 0 Å². The molecule has 0 heterocycles. The third kappa shape index (κ3) is 8.48. The normalized spacial score (nSPS) is 13.7. The molecule has 0 saturated carbocycles. The van der Waals surface area contributed by atoms with E-state index >= 15 is 0 Å². The molecule has 0 saturated heterocycles. The summed E-state index contributed by atoms with van der Waals surface area (Å²) in [6, 6.07) is -0.183. The fourth-order valence-corrected chi connectivity index (χ4v) is 1.57. The predicted octanol–water partition coefficient (Wildman–Crippen LogP) is 1.94. The van der Waals surface area contributed by atoms with Crippen LogP contribution in [-0.4, -0.2) is 37.2 Å². The van der Waals surface area contributed by atoms with Crippen LogP contribution in [0.1, 0.15) is 48.0 Å². The van der Waals surface area contributed by atoms with Crippen molar-refractivity contribution in [2.24, 2.45) is 5.92 Å². The first kappa shape index (κ1) is 17.4. The minimum Gasteiger partial charge on any atom is -0.375 e. The lowest BCUT2D eigenvalue weighted by Crippen LogP contribution is -2.48. The van der Waals surface area contributed by atoms with Crippen LogP contribution in [0.4, 0.5) is 0 Å². The Morgan fingerprint density at radius 2 is 1.89 bits per heavy atom. The summed E-state index contributed by atoms with van der Waals surface area (Å²) in [4.78, 5) is 11.8. The number of ether oxygens (including phenoxy) is 1. The van der Waals surface area contributed by atoms with E-state index in [2.05, 4.69) is 24.5 Å². The van der Waals surface area contributed by atoms with Crippen molar-refractivity contribution in [1.82, 2.24) is 10.6 Å². The smallest absolute Gasteiger partial charge is 0.236 e. The minimum atomic E-state index is -0.235. The van der Waals surface area contributed by atoms with Gasteiger partial charge in [0.15, 0.2) is 0 Å². The largest absolute Gasteiger partial charge is 0.375 e. The number of amides is 1. The van der Waals surface area contributed by atoms with Crippen molar-refractivity contribution in [1.29, 1.82) is 0 Å². The van der Waals surface area contributed by atoms with E-state index in [-0.39, 0.29) is 17.6 Å². The van der Waals surface area contributed by atoms with Gasteiger partial charge in [-0.1, -0.05) is 13.8 Å². The zero-order valence-electron chi connectivity index (χ0n) is 12.8. The first-order chi connectivity index (χ1) is 8.28. The van der Waals surface area contributed by atoms with Crippen molar-refractivity contribution in [3.05, 3.63) is 0 Å². The maximum absolute atomic E-state index is 11.8. The average molecular weight is 258 g/mol. The molecule has 1 amide bonds. The van der Waals surface area contributed by atoms with Gasteiger partial charge in [0, 0.05) is 19.7 Å². The number of carbonyl (C=O) groups is 1. The van der Waals surface area contributed by atoms with E-state index in [0.29, 0.717) is 19.1 Å². The number of carbonyl (C=O) groups excluding carboxylic acids is 1. The third-order valence-corrected chi connectivity index (χ3v) is 2.78. The highest BCUT2D eigenvalue weighted by Gasteiger charge is 2.20. The first-order valence-electron chi connectivity index (χ1n) is 6.93. The second-order valence-electron chi connectivity index (χ2n) is 5.77. The molecule has 0 rings (SSSR count). The summed E-state index contributed by atoms with van der Waals surface area (Å²) in [6.45, 7) is 14.3. The summed E-state index contributed by atoms with van der Waals surface area (Å²) >= 11 is 0. The summed E-state index contributed by atoms with van der Waals surface area (Å²) < 4.78 is 5.58. The molecule has 0 aliphatic heterocycles. The second kappa shape index (κ2) is 8.48. The molecule has 0 aromatic heterocycles. The summed E-state index contributed by atoms with van der Waals surface area (Å²) in [7, 11) is 0. The third-order valence-electron chi connectivity index (χ3n) is 2.78. The van der Waals surface area contributed by atoms with Gasteiger partial charge in [0.05, 0.1) is 11.6 Å². The number of rotatable bonds is 9. The lowest BCUT2D eigenvalue weighted by molar-refractivity contribution is -0.123. The van der Waals surface area contributed by atoms with Crippen LogP contribution in [0.3, 0.4) is 0 Å². The van der Waals surface area contributed by atoms with Crippen LogP contribution >= 0.6 is 0 Å². The average Bonchev–Trinajstić information content (AvgIpc) is 2.25. The Balaban J connectivity index is 3.87. The molecule has 2 N–H and O–H groups in total. The van der Waals surface area contributed by atoms with Crippen LogP contribution in [0.15, 0.2) is 0 Å². The van der Waals surface area contributed by atoms with Gasteiger partial charge in [-0.05, 0) is 40.0 Å². The Bertz CT molecular complexity index is 240. The number of nitrogens with one attached hydrogen (secondary N) is 2. The number of hydrogen-bond acceptors (Lipinski definition) is 3. The first-order valence-corrected chi connectivity index (χ1v) is 6.93. The summed E-state index contributed by atoms with van der Waals surface area (Å²) in [5.74, 6) is 0.674. The van der Waals surface area contributed by atoms with Crippen LogP contribution in [0, 0.1) is 5.92 Å². The molecule has 4 nitrogen and oxygen atoms in total. The monoisotopic (exact) mass is 258 g/mol. The summed E-state index contributed by atoms with van der Waals surface area (Å²) in [6.07, 6.45) is 1.02. The molecule has 0 fully saturated rings. The van der Waals surface area contributed by atoms with Gasteiger partial charge in [0.1, 0.15) is 0 Å². The van der Waals surface area contributed by atoms with E-state index in [1.807, 2.05) is 27.7 Å². The van der Waals surface area contributed by atoms with Gasteiger partial charge in [-0.2, -0.15) is 0 Å². The van der Waals surface area contributed by atoms with Crippen molar-refractivity contribution >= 4 is 5.91 Å². The molecular formula is C14H30N2O2. The Labute approximate surface area is 112 Å². The lowest BCUT2D eigenvalue weighted by atomic mass is 10.1. The summed E-state index contributed by atoms with van der Waals surface area (Å²) in [5.41, 5.74) is -0.235. The van der Waals surface area contributed by atoms with E-state index in [1.54, 1.807) is 0 Å². The topological polar surface area (TPSA) is 50.4 Å². The van der Waals surface area contributed by atoms with Gasteiger partial charge in [0.2, 0.25) is 5.91 Å². The van der Waals surface area contributed by atoms with Crippen LogP contribution in [0.25, 0.3) is 0 Å². The van der Waals surface area contributed by atoms with Crippen LogP contribution in [0.2, 0.25) is 0 Å². The maximum Gasteiger partial charge on any atom is 0.236 e. The minimum absolute atomic E-state index is 0.0583. The Kier molecular flexibility index (Phi) is 8.20. The Hall–Kier alpha value is -0.610. The molecule has 0 radical (unpaired) electrons. The number of hydrogen-bond donors (Lipinski definition) is 2. The molecule has 1 unspecified atom stereocenters. The predicted molar refractivity (Wildman–Crippen MR) is 75.6 cm³/mol. The van der Waals surface area contributed by atoms with E-state index < -0.39 is 0 Å². The van der Waals surface area contributed by atoms with Gasteiger partial charge in [-0.25, -0.2) is 0 Å². The molecule has 0 aliphatic carbocycles. The maximum atomic E-state index is 11.8. The molecule has 0 bridgehead atoms. The molecule has 0 aromatic rings. The molecule has 18 heavy (non-hydrogen) atoms. The highest BCUT2D eigenvalue weighted by atomic mass is 16.5. The van der Waals surface area contributed by atoms with E-state index in [9.17, 15) is 4.79 Å². The standard InChI is InChI=1S/C14H30N2O2/c1-7-18-14(5,6)10-16-12(4)13(17)15-9-8-11(2)3/h11-12,16H,7-10H2,1-6H3,(H,15,17). The molecule has 0 aliphatic rings. The molecule has 1 atom stereocenters. The summed E-state index contributed by atoms with van der Waals surface area (Å²) in [5, 5.41) is 6.15. The van der Waals surface area contributed by atoms with Gasteiger partial charge >= 0.3 is 0 Å². The molecule has 4 heteroatoms. The molecular weight excluding hydrogens is 228 g/mol. The zero-order valence-corrected chi connectivity index (χ0v) is 12.8. The Morgan fingerprint density at radius 1 is 1.28 bits per heavy atom.